The first kappa shape index (κ1) is 18.9. The Morgan fingerprint density at radius 2 is 1.89 bits per heavy atom. The van der Waals surface area contributed by atoms with Crippen LogP contribution in [0.3, 0.4) is 0 Å². The van der Waals surface area contributed by atoms with Crippen molar-refractivity contribution in [2.75, 3.05) is 6.26 Å². The molecule has 0 spiro atoms. The van der Waals surface area contributed by atoms with E-state index in [1.54, 1.807) is 24.3 Å². The summed E-state index contributed by atoms with van der Waals surface area (Å²) in [6.45, 7) is 0. The maximum Gasteiger partial charge on any atom is 0.198 e. The topological polar surface area (TPSA) is 77.2 Å². The van der Waals surface area contributed by atoms with Gasteiger partial charge >= 0.3 is 0 Å². The third-order valence-corrected chi connectivity index (χ3v) is 6.28. The Morgan fingerprint density at radius 1 is 1.14 bits per heavy atom. The van der Waals surface area contributed by atoms with Crippen LogP contribution in [-0.4, -0.2) is 25.6 Å². The standard InChI is InChI=1S/C21H18ClNO4S/c1-28(25,26)19-11-16(22)9-8-15(19)10-14-4-2-3-5-17(14)20(24)18-12-23-27-21(18)13-6-7-13/h2-5,8-9,11-13H,6-7,10H2,1H3. The minimum absolute atomic E-state index is 0.159. The van der Waals surface area contributed by atoms with E-state index in [1.165, 1.54) is 12.3 Å². The molecule has 0 aliphatic heterocycles. The number of nitrogens with zero attached hydrogens (tertiary/aromatic N) is 1. The zero-order valence-corrected chi connectivity index (χ0v) is 16.8. The summed E-state index contributed by atoms with van der Waals surface area (Å²) in [5.41, 5.74) is 2.33. The van der Waals surface area contributed by atoms with E-state index in [0.717, 1.165) is 24.7 Å². The summed E-state index contributed by atoms with van der Waals surface area (Å²) in [5.74, 6) is 0.749. The fraction of sp³-hybridized carbons (Fsp3) is 0.238. The quantitative estimate of drug-likeness (QED) is 0.556. The van der Waals surface area contributed by atoms with Gasteiger partial charge in [0.25, 0.3) is 0 Å². The number of aromatic nitrogens is 1. The second-order valence-corrected chi connectivity index (χ2v) is 9.49. The highest BCUT2D eigenvalue weighted by Crippen LogP contribution is 2.42. The first-order chi connectivity index (χ1) is 13.3. The second kappa shape index (κ2) is 7.18. The molecule has 7 heteroatoms. The van der Waals surface area contributed by atoms with Crippen molar-refractivity contribution in [3.63, 3.8) is 0 Å². The van der Waals surface area contributed by atoms with Crippen molar-refractivity contribution in [1.82, 2.24) is 5.16 Å². The van der Waals surface area contributed by atoms with Gasteiger partial charge in [-0.2, -0.15) is 0 Å². The molecule has 1 fully saturated rings. The van der Waals surface area contributed by atoms with Crippen LogP contribution in [0.5, 0.6) is 0 Å². The van der Waals surface area contributed by atoms with Crippen molar-refractivity contribution in [3.8, 4) is 0 Å². The van der Waals surface area contributed by atoms with E-state index in [9.17, 15) is 13.2 Å². The van der Waals surface area contributed by atoms with Gasteiger partial charge in [-0.1, -0.05) is 47.1 Å². The van der Waals surface area contributed by atoms with Crippen LogP contribution in [0.15, 0.2) is 58.1 Å². The van der Waals surface area contributed by atoms with E-state index in [1.807, 2.05) is 12.1 Å². The van der Waals surface area contributed by atoms with Crippen molar-refractivity contribution in [2.45, 2.75) is 30.1 Å². The van der Waals surface area contributed by atoms with Crippen LogP contribution in [-0.2, 0) is 16.3 Å². The molecule has 0 radical (unpaired) electrons. The van der Waals surface area contributed by atoms with Gasteiger partial charge in [0.1, 0.15) is 0 Å². The van der Waals surface area contributed by atoms with Crippen LogP contribution in [0.25, 0.3) is 0 Å². The van der Waals surface area contributed by atoms with Crippen molar-refractivity contribution in [3.05, 3.63) is 81.7 Å². The highest BCUT2D eigenvalue weighted by molar-refractivity contribution is 7.90. The summed E-state index contributed by atoms with van der Waals surface area (Å²) in [5, 5.41) is 4.16. The van der Waals surface area contributed by atoms with E-state index in [4.69, 9.17) is 16.1 Å². The van der Waals surface area contributed by atoms with Crippen LogP contribution >= 0.6 is 11.6 Å². The fourth-order valence-electron chi connectivity index (χ4n) is 3.32. The lowest BCUT2D eigenvalue weighted by Crippen LogP contribution is -2.09. The Balaban J connectivity index is 1.74. The second-order valence-electron chi connectivity index (χ2n) is 7.07. The molecule has 3 aromatic rings. The molecular formula is C21H18ClNO4S. The van der Waals surface area contributed by atoms with E-state index >= 15 is 0 Å². The van der Waals surface area contributed by atoms with Gasteiger partial charge in [0, 0.05) is 22.8 Å². The minimum Gasteiger partial charge on any atom is -0.360 e. The van der Waals surface area contributed by atoms with Gasteiger partial charge < -0.3 is 4.52 Å². The molecule has 5 nitrogen and oxygen atoms in total. The molecule has 0 saturated heterocycles. The number of carbonyl (C=O) groups is 1. The van der Waals surface area contributed by atoms with Crippen molar-refractivity contribution in [2.24, 2.45) is 0 Å². The smallest absolute Gasteiger partial charge is 0.198 e. The predicted molar refractivity (Wildman–Crippen MR) is 106 cm³/mol. The van der Waals surface area contributed by atoms with Crippen LogP contribution < -0.4 is 0 Å². The normalized spacial score (nSPS) is 14.2. The third-order valence-electron chi connectivity index (χ3n) is 4.86. The zero-order valence-electron chi connectivity index (χ0n) is 15.2. The average Bonchev–Trinajstić information content (AvgIpc) is 3.39. The number of hydrogen-bond donors (Lipinski definition) is 0. The Bertz CT molecular complexity index is 1160. The van der Waals surface area contributed by atoms with Crippen molar-refractivity contribution < 1.29 is 17.7 Å². The summed E-state index contributed by atoms with van der Waals surface area (Å²) < 4.78 is 29.7. The lowest BCUT2D eigenvalue weighted by Gasteiger charge is -2.12. The first-order valence-electron chi connectivity index (χ1n) is 8.90. The number of sulfone groups is 1. The average molecular weight is 416 g/mol. The maximum absolute atomic E-state index is 13.2. The number of rotatable bonds is 6. The molecule has 28 heavy (non-hydrogen) atoms. The lowest BCUT2D eigenvalue weighted by molar-refractivity contribution is 0.103. The predicted octanol–water partition coefficient (Wildman–Crippen LogP) is 4.43. The number of ketones is 1. The van der Waals surface area contributed by atoms with Crippen LogP contribution in [0, 0.1) is 0 Å². The molecule has 0 atom stereocenters. The summed E-state index contributed by atoms with van der Waals surface area (Å²) in [6, 6.07) is 12.0. The maximum atomic E-state index is 13.2. The molecule has 2 aromatic carbocycles. The van der Waals surface area contributed by atoms with Crippen LogP contribution in [0.1, 0.15) is 51.6 Å². The van der Waals surface area contributed by atoms with Gasteiger partial charge in [0.05, 0.1) is 16.7 Å². The van der Waals surface area contributed by atoms with Crippen molar-refractivity contribution in [1.29, 1.82) is 0 Å². The van der Waals surface area contributed by atoms with Crippen LogP contribution in [0.4, 0.5) is 0 Å². The number of hydrogen-bond acceptors (Lipinski definition) is 5. The van der Waals surface area contributed by atoms with Gasteiger partial charge in [-0.15, -0.1) is 0 Å². The molecule has 1 aliphatic carbocycles. The summed E-state index contributed by atoms with van der Waals surface area (Å²) in [6.07, 6.45) is 4.92. The lowest BCUT2D eigenvalue weighted by atomic mass is 9.94. The highest BCUT2D eigenvalue weighted by atomic mass is 35.5. The zero-order chi connectivity index (χ0) is 19.9. The van der Waals surface area contributed by atoms with Gasteiger partial charge in [0.15, 0.2) is 21.4 Å². The molecule has 1 heterocycles. The molecule has 0 N–H and O–H groups in total. The SMILES string of the molecule is CS(=O)(=O)c1cc(Cl)ccc1Cc1ccccc1C(=O)c1cnoc1C1CC1. The Kier molecular flexibility index (Phi) is 4.85. The number of carbonyl (C=O) groups excluding carboxylic acids is 1. The molecule has 1 aliphatic rings. The van der Waals surface area contributed by atoms with E-state index in [2.05, 4.69) is 5.16 Å². The molecule has 1 aromatic heterocycles. The highest BCUT2D eigenvalue weighted by Gasteiger charge is 2.33. The number of halogens is 1. The molecular weight excluding hydrogens is 398 g/mol. The number of benzene rings is 2. The molecule has 0 bridgehead atoms. The van der Waals surface area contributed by atoms with Crippen LogP contribution in [0.2, 0.25) is 5.02 Å². The Hall–Kier alpha value is -2.44. The third kappa shape index (κ3) is 3.75. The molecule has 0 amide bonds. The first-order valence-corrected chi connectivity index (χ1v) is 11.2. The Labute approximate surface area is 168 Å². The van der Waals surface area contributed by atoms with Gasteiger partial charge in [-0.05, 0) is 42.5 Å². The van der Waals surface area contributed by atoms with Gasteiger partial charge in [-0.25, -0.2) is 8.42 Å². The molecule has 1 saturated carbocycles. The van der Waals surface area contributed by atoms with Crippen molar-refractivity contribution >= 4 is 27.2 Å². The van der Waals surface area contributed by atoms with E-state index < -0.39 is 9.84 Å². The van der Waals surface area contributed by atoms with Gasteiger partial charge in [0.2, 0.25) is 0 Å². The fourth-order valence-corrected chi connectivity index (χ4v) is 4.52. The summed E-state index contributed by atoms with van der Waals surface area (Å²) in [4.78, 5) is 13.3. The van der Waals surface area contributed by atoms with E-state index in [-0.39, 0.29) is 16.6 Å². The Morgan fingerprint density at radius 3 is 2.61 bits per heavy atom. The van der Waals surface area contributed by atoms with Gasteiger partial charge in [-0.3, -0.25) is 4.79 Å². The summed E-state index contributed by atoms with van der Waals surface area (Å²) >= 11 is 5.99. The molecule has 4 rings (SSSR count). The monoisotopic (exact) mass is 415 g/mol. The molecule has 144 valence electrons. The largest absolute Gasteiger partial charge is 0.360 e. The minimum atomic E-state index is -3.46. The molecule has 0 unspecified atom stereocenters. The van der Waals surface area contributed by atoms with E-state index in [0.29, 0.717) is 33.9 Å². The summed E-state index contributed by atoms with van der Waals surface area (Å²) in [7, 11) is -3.46.